The van der Waals surface area contributed by atoms with Crippen molar-refractivity contribution in [3.63, 3.8) is 0 Å². The number of nitrogens with zero attached hydrogens (tertiary/aromatic N) is 1. The molecule has 2 amide bonds. The SMILES string of the molecule is C[C@@H]1COCCN1C(=O)N[C@@H](c1ccc(F)cc1)[C@@H]1CCCO1. The number of ether oxygens (including phenoxy) is 2. The number of carbonyl (C=O) groups is 1. The molecule has 3 rings (SSSR count). The Hall–Kier alpha value is -1.66. The van der Waals surface area contributed by atoms with Crippen LogP contribution in [-0.2, 0) is 9.47 Å². The maximum absolute atomic E-state index is 13.2. The lowest BCUT2D eigenvalue weighted by Crippen LogP contribution is -2.53. The van der Waals surface area contributed by atoms with E-state index in [9.17, 15) is 9.18 Å². The number of halogens is 1. The first-order chi connectivity index (χ1) is 11.1. The van der Waals surface area contributed by atoms with E-state index in [1.807, 2.05) is 6.92 Å². The minimum absolute atomic E-state index is 0.0436. The number of carbonyl (C=O) groups excluding carboxylic acids is 1. The zero-order valence-electron chi connectivity index (χ0n) is 13.3. The van der Waals surface area contributed by atoms with Gasteiger partial charge in [-0.2, -0.15) is 0 Å². The third-order valence-corrected chi connectivity index (χ3v) is 4.47. The molecular weight excluding hydrogens is 299 g/mol. The molecule has 5 nitrogen and oxygen atoms in total. The van der Waals surface area contributed by atoms with E-state index in [0.29, 0.717) is 26.4 Å². The Balaban J connectivity index is 1.75. The van der Waals surface area contributed by atoms with Crippen LogP contribution < -0.4 is 5.32 Å². The highest BCUT2D eigenvalue weighted by molar-refractivity contribution is 5.75. The van der Waals surface area contributed by atoms with Crippen LogP contribution in [0.4, 0.5) is 9.18 Å². The molecule has 126 valence electrons. The smallest absolute Gasteiger partial charge is 0.318 e. The van der Waals surface area contributed by atoms with Gasteiger partial charge in [-0.1, -0.05) is 12.1 Å². The second-order valence-corrected chi connectivity index (χ2v) is 6.15. The molecule has 3 atom stereocenters. The average molecular weight is 322 g/mol. The molecule has 2 aliphatic rings. The van der Waals surface area contributed by atoms with Crippen LogP contribution in [0, 0.1) is 5.82 Å². The fraction of sp³-hybridized carbons (Fsp3) is 0.588. The molecule has 1 N–H and O–H groups in total. The molecule has 0 bridgehead atoms. The minimum atomic E-state index is -0.284. The van der Waals surface area contributed by atoms with Gasteiger partial charge in [0.15, 0.2) is 0 Å². The first kappa shape index (κ1) is 16.2. The topological polar surface area (TPSA) is 50.8 Å². The zero-order chi connectivity index (χ0) is 16.2. The van der Waals surface area contributed by atoms with Crippen LogP contribution in [0.25, 0.3) is 0 Å². The van der Waals surface area contributed by atoms with E-state index >= 15 is 0 Å². The van der Waals surface area contributed by atoms with Gasteiger partial charge < -0.3 is 19.7 Å². The second-order valence-electron chi connectivity index (χ2n) is 6.15. The number of hydrogen-bond acceptors (Lipinski definition) is 3. The van der Waals surface area contributed by atoms with Crippen molar-refractivity contribution in [2.75, 3.05) is 26.4 Å². The van der Waals surface area contributed by atoms with Crippen molar-refractivity contribution in [2.24, 2.45) is 0 Å². The van der Waals surface area contributed by atoms with E-state index in [4.69, 9.17) is 9.47 Å². The van der Waals surface area contributed by atoms with Crippen LogP contribution >= 0.6 is 0 Å². The Morgan fingerprint density at radius 1 is 1.35 bits per heavy atom. The molecule has 1 aromatic carbocycles. The number of morpholine rings is 1. The predicted octanol–water partition coefficient (Wildman–Crippen LogP) is 2.48. The van der Waals surface area contributed by atoms with Crippen LogP contribution in [0.15, 0.2) is 24.3 Å². The van der Waals surface area contributed by atoms with Crippen molar-refractivity contribution >= 4 is 6.03 Å². The monoisotopic (exact) mass is 322 g/mol. The fourth-order valence-corrected chi connectivity index (χ4v) is 3.17. The summed E-state index contributed by atoms with van der Waals surface area (Å²) in [6.07, 6.45) is 1.80. The van der Waals surface area contributed by atoms with Gasteiger partial charge in [-0.15, -0.1) is 0 Å². The van der Waals surface area contributed by atoms with Crippen LogP contribution in [0.2, 0.25) is 0 Å². The molecule has 0 spiro atoms. The summed E-state index contributed by atoms with van der Waals surface area (Å²) in [5.41, 5.74) is 0.868. The highest BCUT2D eigenvalue weighted by atomic mass is 19.1. The van der Waals surface area contributed by atoms with Crippen LogP contribution in [0.3, 0.4) is 0 Å². The van der Waals surface area contributed by atoms with Crippen LogP contribution in [-0.4, -0.2) is 49.4 Å². The summed E-state index contributed by atoms with van der Waals surface area (Å²) in [6.45, 7) is 4.35. The van der Waals surface area contributed by atoms with Crippen molar-refractivity contribution in [1.29, 1.82) is 0 Å². The fourth-order valence-electron chi connectivity index (χ4n) is 3.17. The van der Waals surface area contributed by atoms with Crippen molar-refractivity contribution in [2.45, 2.75) is 38.0 Å². The summed E-state index contributed by atoms with van der Waals surface area (Å²) < 4.78 is 24.3. The van der Waals surface area contributed by atoms with Gasteiger partial charge in [0.25, 0.3) is 0 Å². The molecule has 0 unspecified atom stereocenters. The normalized spacial score (nSPS) is 26.1. The highest BCUT2D eigenvalue weighted by Gasteiger charge is 2.32. The van der Waals surface area contributed by atoms with Crippen molar-refractivity contribution < 1.29 is 18.7 Å². The van der Waals surface area contributed by atoms with Gasteiger partial charge in [-0.3, -0.25) is 0 Å². The van der Waals surface area contributed by atoms with Crippen LogP contribution in [0.1, 0.15) is 31.4 Å². The van der Waals surface area contributed by atoms with Crippen LogP contribution in [0.5, 0.6) is 0 Å². The molecule has 0 radical (unpaired) electrons. The first-order valence-corrected chi connectivity index (χ1v) is 8.17. The third kappa shape index (κ3) is 3.82. The lowest BCUT2D eigenvalue weighted by Gasteiger charge is -2.35. The maximum Gasteiger partial charge on any atom is 0.318 e. The maximum atomic E-state index is 13.2. The molecule has 6 heteroatoms. The molecule has 23 heavy (non-hydrogen) atoms. The lowest BCUT2D eigenvalue weighted by atomic mass is 9.99. The summed E-state index contributed by atoms with van der Waals surface area (Å²) >= 11 is 0. The minimum Gasteiger partial charge on any atom is -0.377 e. The Kier molecular flexibility index (Phi) is 5.13. The van der Waals surface area contributed by atoms with Gasteiger partial charge >= 0.3 is 6.03 Å². The highest BCUT2D eigenvalue weighted by Crippen LogP contribution is 2.27. The number of nitrogens with one attached hydrogen (secondary N) is 1. The molecule has 2 fully saturated rings. The van der Waals surface area contributed by atoms with Gasteiger partial charge in [-0.05, 0) is 37.5 Å². The van der Waals surface area contributed by atoms with Gasteiger partial charge in [0.05, 0.1) is 31.4 Å². The Morgan fingerprint density at radius 3 is 2.78 bits per heavy atom. The Morgan fingerprint density at radius 2 is 2.13 bits per heavy atom. The molecular formula is C17H23FN2O3. The van der Waals surface area contributed by atoms with E-state index in [1.54, 1.807) is 17.0 Å². The molecule has 0 aliphatic carbocycles. The average Bonchev–Trinajstić information content (AvgIpc) is 3.08. The van der Waals surface area contributed by atoms with Gasteiger partial charge in [-0.25, -0.2) is 9.18 Å². The Labute approximate surface area is 135 Å². The summed E-state index contributed by atoms with van der Waals surface area (Å²) in [6, 6.07) is 5.92. The number of urea groups is 1. The van der Waals surface area contributed by atoms with Crippen molar-refractivity contribution in [3.05, 3.63) is 35.6 Å². The van der Waals surface area contributed by atoms with E-state index in [0.717, 1.165) is 18.4 Å². The molecule has 1 aromatic rings. The van der Waals surface area contributed by atoms with E-state index in [1.165, 1.54) is 12.1 Å². The van der Waals surface area contributed by atoms with E-state index in [2.05, 4.69) is 5.32 Å². The molecule has 0 saturated carbocycles. The van der Waals surface area contributed by atoms with Gasteiger partial charge in [0.2, 0.25) is 0 Å². The predicted molar refractivity (Wildman–Crippen MR) is 83.6 cm³/mol. The summed E-state index contributed by atoms with van der Waals surface area (Å²) in [7, 11) is 0. The Bertz CT molecular complexity index is 531. The number of amides is 2. The van der Waals surface area contributed by atoms with E-state index in [-0.39, 0.29) is 30.0 Å². The number of hydrogen-bond donors (Lipinski definition) is 1. The second kappa shape index (κ2) is 7.27. The molecule has 0 aromatic heterocycles. The van der Waals surface area contributed by atoms with E-state index < -0.39 is 0 Å². The number of benzene rings is 1. The number of rotatable bonds is 3. The summed E-state index contributed by atoms with van der Waals surface area (Å²) in [5, 5.41) is 3.08. The summed E-state index contributed by atoms with van der Waals surface area (Å²) in [4.78, 5) is 14.4. The van der Waals surface area contributed by atoms with Gasteiger partial charge in [0.1, 0.15) is 5.82 Å². The van der Waals surface area contributed by atoms with Crippen molar-refractivity contribution in [1.82, 2.24) is 10.2 Å². The summed E-state index contributed by atoms with van der Waals surface area (Å²) in [5.74, 6) is -0.284. The van der Waals surface area contributed by atoms with Gasteiger partial charge in [0, 0.05) is 13.2 Å². The first-order valence-electron chi connectivity index (χ1n) is 8.17. The standard InChI is InChI=1S/C17H23FN2O3/c1-12-11-22-10-8-20(12)17(21)19-16(15-3-2-9-23-15)13-4-6-14(18)7-5-13/h4-7,12,15-16H,2-3,8-11H2,1H3,(H,19,21)/t12-,15+,16+/m1/s1. The molecule has 2 heterocycles. The van der Waals surface area contributed by atoms with Crippen molar-refractivity contribution in [3.8, 4) is 0 Å². The largest absolute Gasteiger partial charge is 0.377 e. The third-order valence-electron chi connectivity index (χ3n) is 4.47. The molecule has 2 saturated heterocycles. The molecule has 2 aliphatic heterocycles. The quantitative estimate of drug-likeness (QED) is 0.930. The zero-order valence-corrected chi connectivity index (χ0v) is 13.3. The lowest BCUT2D eigenvalue weighted by molar-refractivity contribution is 0.0156.